The summed E-state index contributed by atoms with van der Waals surface area (Å²) in [6.07, 6.45) is 2.24. The van der Waals surface area contributed by atoms with Crippen LogP contribution >= 0.6 is 38.5 Å². The summed E-state index contributed by atoms with van der Waals surface area (Å²) in [5.41, 5.74) is 1.41. The number of ether oxygens (including phenoxy) is 1. The van der Waals surface area contributed by atoms with Crippen molar-refractivity contribution in [1.82, 2.24) is 4.90 Å². The normalized spacial score (nSPS) is 13.3. The molecule has 1 unspecified atom stereocenters. The van der Waals surface area contributed by atoms with Crippen molar-refractivity contribution in [1.29, 1.82) is 0 Å². The molecule has 0 radical (unpaired) electrons. The summed E-state index contributed by atoms with van der Waals surface area (Å²) in [7, 11) is 1.78. The van der Waals surface area contributed by atoms with E-state index in [4.69, 9.17) is 4.74 Å². The molecule has 0 aliphatic carbocycles. The monoisotopic (exact) mass is 613 g/mol. The van der Waals surface area contributed by atoms with Crippen LogP contribution in [-0.2, 0) is 21.6 Å². The summed E-state index contributed by atoms with van der Waals surface area (Å²) in [5, 5.41) is 0.342. The summed E-state index contributed by atoms with van der Waals surface area (Å²) in [5.74, 6) is 0.193. The Morgan fingerprint density at radius 2 is 1.62 bits per heavy atom. The molecule has 2 rings (SSSR count). The Bertz CT molecular complexity index is 886. The van der Waals surface area contributed by atoms with Crippen molar-refractivity contribution in [3.63, 3.8) is 0 Å². The number of halogens is 2. The van der Waals surface area contributed by atoms with E-state index >= 15 is 0 Å². The molecule has 4 nitrogen and oxygen atoms in total. The second-order valence-electron chi connectivity index (χ2n) is 9.31. The van der Waals surface area contributed by atoms with Crippen LogP contribution in [0.25, 0.3) is 0 Å². The van der Waals surface area contributed by atoms with E-state index < -0.39 is 5.41 Å². The van der Waals surface area contributed by atoms with Gasteiger partial charge in [-0.05, 0) is 71.0 Å². The number of benzene rings is 2. The average molecular weight is 614 g/mol. The minimum atomic E-state index is -0.523. The van der Waals surface area contributed by atoms with Gasteiger partial charge in [0.05, 0.1) is 10.7 Å². The third-order valence-corrected chi connectivity index (χ3v) is 7.16. The molecule has 6 heteroatoms. The van der Waals surface area contributed by atoms with E-state index in [1.54, 1.807) is 11.9 Å². The maximum absolute atomic E-state index is 12.8. The number of carbonyl (C=O) groups is 2. The topological polar surface area (TPSA) is 46.6 Å². The van der Waals surface area contributed by atoms with Gasteiger partial charge in [0.1, 0.15) is 6.61 Å². The standard InChI is InChI=1S/C26H33BrINO3/c1-25(2,19-29(4)24(31)32-18-20-9-6-5-7-10-20)15-8-16-26(3,23(30)17-27)21-11-13-22(28)14-12-21/h5-7,9-14H,8,15-19H2,1-4H3. The van der Waals surface area contributed by atoms with E-state index in [1.807, 2.05) is 37.3 Å². The van der Waals surface area contributed by atoms with Gasteiger partial charge in [0.15, 0.2) is 5.78 Å². The van der Waals surface area contributed by atoms with Crippen LogP contribution in [0, 0.1) is 8.99 Å². The molecular formula is C26H33BrINO3. The molecule has 1 atom stereocenters. The van der Waals surface area contributed by atoms with E-state index in [-0.39, 0.29) is 23.9 Å². The third-order valence-electron chi connectivity index (χ3n) is 5.93. The van der Waals surface area contributed by atoms with Gasteiger partial charge in [-0.1, -0.05) is 78.7 Å². The molecule has 0 aromatic heterocycles. The minimum absolute atomic E-state index is 0.0923. The van der Waals surface area contributed by atoms with Crippen molar-refractivity contribution in [2.75, 3.05) is 18.9 Å². The largest absolute Gasteiger partial charge is 0.445 e. The van der Waals surface area contributed by atoms with Crippen LogP contribution in [0.5, 0.6) is 0 Å². The molecule has 174 valence electrons. The average Bonchev–Trinajstić information content (AvgIpc) is 2.77. The van der Waals surface area contributed by atoms with E-state index in [1.165, 1.54) is 0 Å². The minimum Gasteiger partial charge on any atom is -0.445 e. The molecule has 0 N–H and O–H groups in total. The smallest absolute Gasteiger partial charge is 0.409 e. The molecular weight excluding hydrogens is 581 g/mol. The number of carbonyl (C=O) groups excluding carboxylic acids is 2. The second-order valence-corrected chi connectivity index (χ2v) is 11.1. The number of nitrogens with zero attached hydrogens (tertiary/aromatic N) is 1. The fourth-order valence-corrected chi connectivity index (χ4v) is 4.92. The first-order chi connectivity index (χ1) is 15.1. The van der Waals surface area contributed by atoms with Crippen LogP contribution in [0.2, 0.25) is 0 Å². The number of rotatable bonds is 11. The van der Waals surface area contributed by atoms with Gasteiger partial charge in [0.25, 0.3) is 0 Å². The first-order valence-corrected chi connectivity index (χ1v) is 13.0. The highest BCUT2D eigenvalue weighted by Crippen LogP contribution is 2.34. The molecule has 2 aromatic carbocycles. The molecule has 2 aromatic rings. The highest BCUT2D eigenvalue weighted by atomic mass is 127. The van der Waals surface area contributed by atoms with E-state index in [9.17, 15) is 9.59 Å². The van der Waals surface area contributed by atoms with E-state index in [2.05, 4.69) is 76.6 Å². The SMILES string of the molecule is CN(CC(C)(C)CCCC(C)(C(=O)CBr)c1ccc(I)cc1)C(=O)OCc1ccccc1. The quantitative estimate of drug-likeness (QED) is 0.203. The Kier molecular flexibility index (Phi) is 10.2. The van der Waals surface area contributed by atoms with Crippen LogP contribution in [-0.4, -0.2) is 35.7 Å². The molecule has 0 bridgehead atoms. The lowest BCUT2D eigenvalue weighted by molar-refractivity contribution is -0.121. The second kappa shape index (κ2) is 12.2. The van der Waals surface area contributed by atoms with E-state index in [0.717, 1.165) is 34.0 Å². The molecule has 0 aliphatic rings. The van der Waals surface area contributed by atoms with E-state index in [0.29, 0.717) is 11.9 Å². The van der Waals surface area contributed by atoms with Crippen molar-refractivity contribution in [2.45, 2.75) is 52.1 Å². The molecule has 0 heterocycles. The lowest BCUT2D eigenvalue weighted by atomic mass is 9.73. The molecule has 0 saturated heterocycles. The summed E-state index contributed by atoms with van der Waals surface area (Å²) in [4.78, 5) is 26.9. The summed E-state index contributed by atoms with van der Waals surface area (Å²) < 4.78 is 6.60. The molecule has 0 saturated carbocycles. The van der Waals surface area contributed by atoms with Gasteiger partial charge in [-0.2, -0.15) is 0 Å². The zero-order chi connectivity index (χ0) is 23.8. The Morgan fingerprint density at radius 3 is 2.22 bits per heavy atom. The third kappa shape index (κ3) is 7.87. The fraction of sp³-hybridized carbons (Fsp3) is 0.462. The van der Waals surface area contributed by atoms with Crippen molar-refractivity contribution >= 4 is 50.4 Å². The van der Waals surface area contributed by atoms with Crippen LogP contribution in [0.15, 0.2) is 54.6 Å². The van der Waals surface area contributed by atoms with Gasteiger partial charge in [0, 0.05) is 17.2 Å². The van der Waals surface area contributed by atoms with Gasteiger partial charge in [0.2, 0.25) is 0 Å². The molecule has 0 fully saturated rings. The molecule has 1 amide bonds. The van der Waals surface area contributed by atoms with Gasteiger partial charge in [-0.3, -0.25) is 4.79 Å². The predicted octanol–water partition coefficient (Wildman–Crippen LogP) is 6.98. The predicted molar refractivity (Wildman–Crippen MR) is 142 cm³/mol. The Hall–Kier alpha value is -1.41. The number of hydrogen-bond donors (Lipinski definition) is 0. The highest BCUT2D eigenvalue weighted by molar-refractivity contribution is 14.1. The molecule has 32 heavy (non-hydrogen) atoms. The summed E-state index contributed by atoms with van der Waals surface area (Å²) >= 11 is 5.64. The fourth-order valence-electron chi connectivity index (χ4n) is 3.95. The van der Waals surface area contributed by atoms with Crippen LogP contribution in [0.1, 0.15) is 51.2 Å². The van der Waals surface area contributed by atoms with Crippen molar-refractivity contribution < 1.29 is 14.3 Å². The lowest BCUT2D eigenvalue weighted by Gasteiger charge is -2.33. The Balaban J connectivity index is 1.91. The first-order valence-electron chi connectivity index (χ1n) is 10.8. The lowest BCUT2D eigenvalue weighted by Crippen LogP contribution is -2.37. The number of hydrogen-bond acceptors (Lipinski definition) is 3. The van der Waals surface area contributed by atoms with Crippen LogP contribution in [0.4, 0.5) is 4.79 Å². The summed E-state index contributed by atoms with van der Waals surface area (Å²) in [6.45, 7) is 7.21. The Morgan fingerprint density at radius 1 is 1.00 bits per heavy atom. The molecule has 0 spiro atoms. The van der Waals surface area contributed by atoms with Gasteiger partial charge >= 0.3 is 6.09 Å². The van der Waals surface area contributed by atoms with Gasteiger partial charge < -0.3 is 9.64 Å². The zero-order valence-electron chi connectivity index (χ0n) is 19.4. The van der Waals surface area contributed by atoms with Crippen molar-refractivity contribution in [3.8, 4) is 0 Å². The zero-order valence-corrected chi connectivity index (χ0v) is 23.1. The highest BCUT2D eigenvalue weighted by Gasteiger charge is 2.34. The number of amides is 1. The first kappa shape index (κ1) is 26.8. The maximum atomic E-state index is 12.8. The summed E-state index contributed by atoms with van der Waals surface area (Å²) in [6, 6.07) is 17.9. The number of alkyl halides is 1. The number of Topliss-reactive ketones (excluding diaryl/α,β-unsaturated/α-hetero) is 1. The van der Waals surface area contributed by atoms with Crippen LogP contribution in [0.3, 0.4) is 0 Å². The Labute approximate surface area is 214 Å². The maximum Gasteiger partial charge on any atom is 0.409 e. The number of ketones is 1. The van der Waals surface area contributed by atoms with Gasteiger partial charge in [-0.25, -0.2) is 4.79 Å². The van der Waals surface area contributed by atoms with Crippen LogP contribution < -0.4 is 0 Å². The van der Waals surface area contributed by atoms with Gasteiger partial charge in [-0.15, -0.1) is 0 Å². The molecule has 0 aliphatic heterocycles. The van der Waals surface area contributed by atoms with Crippen molar-refractivity contribution in [3.05, 3.63) is 69.3 Å². The van der Waals surface area contributed by atoms with Crippen molar-refractivity contribution in [2.24, 2.45) is 5.41 Å².